The van der Waals surface area contributed by atoms with Gasteiger partial charge in [0.2, 0.25) is 5.95 Å². The first kappa shape index (κ1) is 25.8. The molecule has 2 N–H and O–H groups in total. The van der Waals surface area contributed by atoms with Crippen LogP contribution in [-0.4, -0.2) is 48.9 Å². The van der Waals surface area contributed by atoms with E-state index in [0.717, 1.165) is 41.6 Å². The number of halogens is 1. The van der Waals surface area contributed by atoms with Gasteiger partial charge in [0.05, 0.1) is 11.0 Å². The Morgan fingerprint density at radius 2 is 1.87 bits per heavy atom. The van der Waals surface area contributed by atoms with Crippen molar-refractivity contribution in [1.82, 2.24) is 24.6 Å². The number of imidazole rings is 1. The molecule has 0 radical (unpaired) electrons. The van der Waals surface area contributed by atoms with Crippen LogP contribution in [-0.2, 0) is 24.0 Å². The van der Waals surface area contributed by atoms with Crippen LogP contribution >= 0.6 is 0 Å². The third kappa shape index (κ3) is 5.66. The Balaban J connectivity index is 1.48. The molecule has 1 atom stereocenters. The number of aromatic nitrogens is 4. The van der Waals surface area contributed by atoms with Gasteiger partial charge in [0, 0.05) is 30.3 Å². The standard InChI is InChI=1S/C29H34FN5O3/c1-29(2,3)38-28(37)34-17-7-6-8-21(34)18-25-22(16-13-19-11-14-20(30)15-12-19)26(36)35(33-25)27-31-23-9-4-5-10-24(23)32-27/h4-5,9-12,14-15,21,33H,6-8,13,16-18H2,1-3H3,(H,31,32). The number of H-pyrrole nitrogens is 2. The molecule has 0 saturated carbocycles. The van der Waals surface area contributed by atoms with E-state index in [1.807, 2.05) is 45.0 Å². The van der Waals surface area contributed by atoms with E-state index in [-0.39, 0.29) is 23.5 Å². The minimum atomic E-state index is -0.585. The molecule has 8 nitrogen and oxygen atoms in total. The fraction of sp³-hybridized carbons (Fsp3) is 0.414. The van der Waals surface area contributed by atoms with Crippen LogP contribution in [0.1, 0.15) is 56.9 Å². The Hall–Kier alpha value is -3.88. The molecule has 1 unspecified atom stereocenters. The summed E-state index contributed by atoms with van der Waals surface area (Å²) in [5.41, 5.74) is 3.20. The van der Waals surface area contributed by atoms with Crippen LogP contribution in [0, 0.1) is 5.82 Å². The highest BCUT2D eigenvalue weighted by Gasteiger charge is 2.32. The maximum absolute atomic E-state index is 13.7. The molecular weight excluding hydrogens is 485 g/mol. The quantitative estimate of drug-likeness (QED) is 0.361. The van der Waals surface area contributed by atoms with Gasteiger partial charge in [-0.2, -0.15) is 4.68 Å². The van der Waals surface area contributed by atoms with Gasteiger partial charge < -0.3 is 14.6 Å². The predicted octanol–water partition coefficient (Wildman–Crippen LogP) is 5.30. The number of likely N-dealkylation sites (tertiary alicyclic amines) is 1. The van der Waals surface area contributed by atoms with E-state index in [1.165, 1.54) is 16.8 Å². The van der Waals surface area contributed by atoms with E-state index in [9.17, 15) is 14.0 Å². The minimum absolute atomic E-state index is 0.0923. The van der Waals surface area contributed by atoms with Crippen molar-refractivity contribution in [3.63, 3.8) is 0 Å². The number of para-hydroxylation sites is 2. The van der Waals surface area contributed by atoms with E-state index >= 15 is 0 Å². The second-order valence-electron chi connectivity index (χ2n) is 10.9. The number of nitrogens with one attached hydrogen (secondary N) is 2. The van der Waals surface area contributed by atoms with Crippen LogP contribution in [0.5, 0.6) is 0 Å². The highest BCUT2D eigenvalue weighted by atomic mass is 19.1. The number of carbonyl (C=O) groups is 1. The van der Waals surface area contributed by atoms with Crippen LogP contribution in [0.25, 0.3) is 17.0 Å². The van der Waals surface area contributed by atoms with E-state index in [2.05, 4.69) is 15.1 Å². The lowest BCUT2D eigenvalue weighted by Crippen LogP contribution is -2.47. The van der Waals surface area contributed by atoms with Gasteiger partial charge in [-0.05, 0) is 82.7 Å². The van der Waals surface area contributed by atoms with Crippen LogP contribution in [0.3, 0.4) is 0 Å². The molecule has 0 spiro atoms. The van der Waals surface area contributed by atoms with Crippen LogP contribution < -0.4 is 5.56 Å². The maximum Gasteiger partial charge on any atom is 0.410 e. The number of ether oxygens (including phenoxy) is 1. The number of benzene rings is 2. The molecule has 0 aliphatic carbocycles. The summed E-state index contributed by atoms with van der Waals surface area (Å²) in [6.07, 6.45) is 3.99. The molecule has 1 aliphatic heterocycles. The topological polar surface area (TPSA) is 96.0 Å². The third-order valence-corrected chi connectivity index (χ3v) is 6.93. The largest absolute Gasteiger partial charge is 0.444 e. The summed E-state index contributed by atoms with van der Waals surface area (Å²) in [5, 5.41) is 3.30. The third-order valence-electron chi connectivity index (χ3n) is 6.93. The van der Waals surface area contributed by atoms with Crippen LogP contribution in [0.4, 0.5) is 9.18 Å². The summed E-state index contributed by atoms with van der Waals surface area (Å²) in [6.45, 7) is 6.21. The van der Waals surface area contributed by atoms with Gasteiger partial charge in [0.15, 0.2) is 0 Å². The van der Waals surface area contributed by atoms with Crippen molar-refractivity contribution in [2.45, 2.75) is 70.9 Å². The van der Waals surface area contributed by atoms with Crippen LogP contribution in [0.2, 0.25) is 0 Å². The van der Waals surface area contributed by atoms with Gasteiger partial charge in [-0.1, -0.05) is 24.3 Å². The number of hydrogen-bond donors (Lipinski definition) is 2. The molecule has 5 rings (SSSR count). The van der Waals surface area contributed by atoms with E-state index in [4.69, 9.17) is 4.74 Å². The van der Waals surface area contributed by atoms with Gasteiger partial charge >= 0.3 is 6.09 Å². The van der Waals surface area contributed by atoms with Crippen LogP contribution in [0.15, 0.2) is 53.3 Å². The number of amides is 1. The molecule has 1 saturated heterocycles. The Morgan fingerprint density at radius 1 is 1.11 bits per heavy atom. The number of fused-ring (bicyclic) bond motifs is 1. The maximum atomic E-state index is 13.7. The van der Waals surface area contributed by atoms with E-state index in [1.54, 1.807) is 17.0 Å². The Morgan fingerprint density at radius 3 is 2.61 bits per heavy atom. The molecule has 1 amide bonds. The first-order valence-electron chi connectivity index (χ1n) is 13.2. The highest BCUT2D eigenvalue weighted by molar-refractivity contribution is 5.75. The molecule has 200 valence electrons. The van der Waals surface area contributed by atoms with Crippen molar-refractivity contribution in [2.24, 2.45) is 0 Å². The van der Waals surface area contributed by atoms with Gasteiger partial charge in [0.25, 0.3) is 5.56 Å². The van der Waals surface area contributed by atoms with Gasteiger partial charge in [-0.3, -0.25) is 9.89 Å². The van der Waals surface area contributed by atoms with Gasteiger partial charge in [-0.25, -0.2) is 14.2 Å². The zero-order chi connectivity index (χ0) is 26.9. The van der Waals surface area contributed by atoms with Crippen molar-refractivity contribution in [3.05, 3.63) is 81.5 Å². The summed E-state index contributed by atoms with van der Waals surface area (Å²) in [7, 11) is 0. The molecule has 2 aromatic heterocycles. The first-order valence-corrected chi connectivity index (χ1v) is 13.2. The SMILES string of the molecule is CC(C)(C)OC(=O)N1CCCCC1Cc1[nH]n(-c2nc3ccccc3[nH]2)c(=O)c1CCc1ccc(F)cc1. The van der Waals surface area contributed by atoms with Crippen molar-refractivity contribution in [3.8, 4) is 5.95 Å². The zero-order valence-corrected chi connectivity index (χ0v) is 22.1. The number of hydrogen-bond acceptors (Lipinski definition) is 4. The summed E-state index contributed by atoms with van der Waals surface area (Å²) in [6, 6.07) is 13.9. The number of piperidine rings is 1. The Labute approximate surface area is 220 Å². The summed E-state index contributed by atoms with van der Waals surface area (Å²) in [5.74, 6) is 0.126. The van der Waals surface area contributed by atoms with Crippen molar-refractivity contribution in [1.29, 1.82) is 0 Å². The molecule has 0 bridgehead atoms. The lowest BCUT2D eigenvalue weighted by molar-refractivity contribution is 0.00981. The van der Waals surface area contributed by atoms with Crippen molar-refractivity contribution >= 4 is 17.1 Å². The Bertz CT molecular complexity index is 1450. The minimum Gasteiger partial charge on any atom is -0.444 e. The van der Waals surface area contributed by atoms with Gasteiger partial charge in [-0.15, -0.1) is 0 Å². The second kappa shape index (κ2) is 10.5. The highest BCUT2D eigenvalue weighted by Crippen LogP contribution is 2.24. The summed E-state index contributed by atoms with van der Waals surface area (Å²) >= 11 is 0. The van der Waals surface area contributed by atoms with E-state index in [0.29, 0.717) is 37.3 Å². The lowest BCUT2D eigenvalue weighted by atomic mass is 9.95. The van der Waals surface area contributed by atoms with Gasteiger partial charge in [0.1, 0.15) is 11.4 Å². The second-order valence-corrected chi connectivity index (χ2v) is 10.9. The monoisotopic (exact) mass is 519 g/mol. The summed E-state index contributed by atoms with van der Waals surface area (Å²) in [4.78, 5) is 36.3. The lowest BCUT2D eigenvalue weighted by Gasteiger charge is -2.36. The molecule has 1 aliphatic rings. The fourth-order valence-electron chi connectivity index (χ4n) is 5.07. The fourth-order valence-corrected chi connectivity index (χ4v) is 5.07. The smallest absolute Gasteiger partial charge is 0.410 e. The first-order chi connectivity index (χ1) is 18.2. The number of nitrogens with zero attached hydrogens (tertiary/aromatic N) is 3. The molecule has 38 heavy (non-hydrogen) atoms. The average molecular weight is 520 g/mol. The average Bonchev–Trinajstić information content (AvgIpc) is 3.44. The molecule has 9 heteroatoms. The number of carbonyl (C=O) groups excluding carboxylic acids is 1. The zero-order valence-electron chi connectivity index (χ0n) is 22.1. The normalized spacial score (nSPS) is 16.2. The van der Waals surface area contributed by atoms with Crippen molar-refractivity contribution in [2.75, 3.05) is 6.54 Å². The molecule has 4 aromatic rings. The number of aryl methyl sites for hydroxylation is 1. The molecule has 3 heterocycles. The molecular formula is C29H34FN5O3. The summed E-state index contributed by atoms with van der Waals surface area (Å²) < 4.78 is 20.6. The number of aromatic amines is 2. The molecule has 1 fully saturated rings. The van der Waals surface area contributed by atoms with Crippen molar-refractivity contribution < 1.29 is 13.9 Å². The van der Waals surface area contributed by atoms with E-state index < -0.39 is 5.60 Å². The predicted molar refractivity (Wildman–Crippen MR) is 144 cm³/mol. The Kier molecular flexibility index (Phi) is 7.10. The number of rotatable bonds is 6. The molecule has 2 aromatic carbocycles.